The van der Waals surface area contributed by atoms with Gasteiger partial charge in [-0.05, 0) is 19.3 Å². The lowest BCUT2D eigenvalue weighted by atomic mass is 10.0. The summed E-state index contributed by atoms with van der Waals surface area (Å²) in [6.45, 7) is 9.44. The zero-order valence-electron chi connectivity index (χ0n) is 13.3. The van der Waals surface area contributed by atoms with E-state index in [0.717, 1.165) is 25.7 Å². The van der Waals surface area contributed by atoms with Gasteiger partial charge in [0.05, 0.1) is 0 Å². The number of carboxylic acid groups (broad SMARTS) is 1. The van der Waals surface area contributed by atoms with E-state index in [2.05, 4.69) is 19.2 Å². The van der Waals surface area contributed by atoms with Gasteiger partial charge in [0, 0.05) is 13.1 Å². The number of rotatable bonds is 10. The average Bonchev–Trinajstić information content (AvgIpc) is 2.44. The number of nitrogens with one attached hydrogen (secondary N) is 1. The van der Waals surface area contributed by atoms with E-state index in [0.29, 0.717) is 25.4 Å². The number of amides is 2. The predicted molar refractivity (Wildman–Crippen MR) is 80.8 cm³/mol. The molecule has 0 bridgehead atoms. The lowest BCUT2D eigenvalue weighted by Gasteiger charge is -2.27. The van der Waals surface area contributed by atoms with Crippen molar-refractivity contribution in [2.24, 2.45) is 5.92 Å². The Balaban J connectivity index is 4.53. The molecule has 0 saturated carbocycles. The number of aliphatic carboxylic acids is 1. The molecule has 0 saturated heterocycles. The van der Waals surface area contributed by atoms with Crippen LogP contribution in [-0.4, -0.2) is 41.1 Å². The van der Waals surface area contributed by atoms with Crippen molar-refractivity contribution in [1.82, 2.24) is 10.2 Å². The minimum Gasteiger partial charge on any atom is -0.480 e. The van der Waals surface area contributed by atoms with Gasteiger partial charge in [-0.3, -0.25) is 0 Å². The number of nitrogens with zero attached hydrogens (tertiary/aromatic N) is 1. The Labute approximate surface area is 122 Å². The van der Waals surface area contributed by atoms with E-state index >= 15 is 0 Å². The smallest absolute Gasteiger partial charge is 0.326 e. The molecule has 0 aliphatic heterocycles. The Bertz CT molecular complexity index is 291. The van der Waals surface area contributed by atoms with Crippen LogP contribution >= 0.6 is 0 Å². The fourth-order valence-electron chi connectivity index (χ4n) is 2.12. The summed E-state index contributed by atoms with van der Waals surface area (Å²) in [7, 11) is 0. The summed E-state index contributed by atoms with van der Waals surface area (Å²) >= 11 is 0. The van der Waals surface area contributed by atoms with Crippen molar-refractivity contribution in [2.45, 2.75) is 65.8 Å². The Morgan fingerprint density at radius 1 is 1.15 bits per heavy atom. The maximum absolute atomic E-state index is 12.2. The quantitative estimate of drug-likeness (QED) is 0.648. The minimum atomic E-state index is -0.953. The van der Waals surface area contributed by atoms with Crippen LogP contribution in [0.15, 0.2) is 0 Å². The third-order valence-electron chi connectivity index (χ3n) is 3.74. The zero-order valence-corrected chi connectivity index (χ0v) is 13.3. The Hall–Kier alpha value is -1.26. The Morgan fingerprint density at radius 3 is 2.15 bits per heavy atom. The third kappa shape index (κ3) is 6.78. The average molecular weight is 286 g/mol. The summed E-state index contributed by atoms with van der Waals surface area (Å²) in [6, 6.07) is -1.04. The van der Waals surface area contributed by atoms with E-state index in [9.17, 15) is 9.59 Å². The molecule has 0 aromatic rings. The van der Waals surface area contributed by atoms with Gasteiger partial charge in [-0.2, -0.15) is 0 Å². The molecule has 0 aliphatic rings. The molecule has 0 unspecified atom stereocenters. The Morgan fingerprint density at radius 2 is 1.75 bits per heavy atom. The highest BCUT2D eigenvalue weighted by atomic mass is 16.4. The zero-order chi connectivity index (χ0) is 15.5. The number of unbranched alkanes of at least 4 members (excludes halogenated alkanes) is 1. The van der Waals surface area contributed by atoms with E-state index in [1.165, 1.54) is 0 Å². The van der Waals surface area contributed by atoms with Crippen LogP contribution < -0.4 is 5.32 Å². The monoisotopic (exact) mass is 286 g/mol. The van der Waals surface area contributed by atoms with Crippen LogP contribution in [0.1, 0.15) is 59.8 Å². The van der Waals surface area contributed by atoms with Crippen molar-refractivity contribution in [1.29, 1.82) is 0 Å². The third-order valence-corrected chi connectivity index (χ3v) is 3.74. The van der Waals surface area contributed by atoms with Crippen LogP contribution in [0.4, 0.5) is 4.79 Å². The van der Waals surface area contributed by atoms with Gasteiger partial charge < -0.3 is 15.3 Å². The van der Waals surface area contributed by atoms with Crippen LogP contribution in [-0.2, 0) is 4.79 Å². The molecule has 0 heterocycles. The number of urea groups is 1. The van der Waals surface area contributed by atoms with Gasteiger partial charge in [0.1, 0.15) is 6.04 Å². The summed E-state index contributed by atoms with van der Waals surface area (Å²) in [4.78, 5) is 25.0. The number of carboxylic acids is 1. The molecule has 0 aromatic carbocycles. The van der Waals surface area contributed by atoms with E-state index in [-0.39, 0.29) is 6.03 Å². The molecule has 0 aromatic heterocycles. The maximum atomic E-state index is 12.2. The lowest BCUT2D eigenvalue weighted by molar-refractivity contribution is -0.139. The van der Waals surface area contributed by atoms with E-state index in [4.69, 9.17) is 5.11 Å². The second-order valence-electron chi connectivity index (χ2n) is 5.20. The van der Waals surface area contributed by atoms with Gasteiger partial charge in [0.15, 0.2) is 0 Å². The van der Waals surface area contributed by atoms with Crippen LogP contribution in [0.5, 0.6) is 0 Å². The molecule has 0 spiro atoms. The van der Waals surface area contributed by atoms with Crippen molar-refractivity contribution in [3.63, 3.8) is 0 Å². The van der Waals surface area contributed by atoms with Crippen molar-refractivity contribution in [2.75, 3.05) is 13.1 Å². The second kappa shape index (κ2) is 10.5. The van der Waals surface area contributed by atoms with Crippen LogP contribution in [0.25, 0.3) is 0 Å². The summed E-state index contributed by atoms with van der Waals surface area (Å²) in [6.07, 6.45) is 4.26. The predicted octanol–water partition coefficient (Wildman–Crippen LogP) is 3.10. The number of hydrogen-bond acceptors (Lipinski definition) is 2. The van der Waals surface area contributed by atoms with Crippen molar-refractivity contribution < 1.29 is 14.7 Å². The normalized spacial score (nSPS) is 12.2. The second-order valence-corrected chi connectivity index (χ2v) is 5.20. The van der Waals surface area contributed by atoms with Gasteiger partial charge >= 0.3 is 12.0 Å². The summed E-state index contributed by atoms with van der Waals surface area (Å²) in [5.74, 6) is -0.481. The first-order valence-corrected chi connectivity index (χ1v) is 7.78. The molecule has 2 amide bonds. The first kappa shape index (κ1) is 18.7. The van der Waals surface area contributed by atoms with Crippen molar-refractivity contribution in [3.8, 4) is 0 Å². The van der Waals surface area contributed by atoms with Gasteiger partial charge in [0.2, 0.25) is 0 Å². The molecule has 0 fully saturated rings. The molecular formula is C15H30N2O3. The molecule has 1 atom stereocenters. The maximum Gasteiger partial charge on any atom is 0.326 e. The first-order chi connectivity index (χ1) is 9.49. The largest absolute Gasteiger partial charge is 0.480 e. The topological polar surface area (TPSA) is 69.6 Å². The SMILES string of the molecule is CCCC[C@H](NC(=O)N(CC)CC(CC)CC)C(=O)O. The van der Waals surface area contributed by atoms with E-state index in [1.807, 2.05) is 13.8 Å². The Kier molecular flexibility index (Phi) is 9.86. The van der Waals surface area contributed by atoms with Gasteiger partial charge in [-0.15, -0.1) is 0 Å². The molecule has 118 valence electrons. The van der Waals surface area contributed by atoms with Crippen LogP contribution in [0.2, 0.25) is 0 Å². The molecule has 2 N–H and O–H groups in total. The van der Waals surface area contributed by atoms with Crippen LogP contribution in [0, 0.1) is 5.92 Å². The summed E-state index contributed by atoms with van der Waals surface area (Å²) in [5.41, 5.74) is 0. The lowest BCUT2D eigenvalue weighted by Crippen LogP contribution is -2.49. The molecule has 20 heavy (non-hydrogen) atoms. The number of hydrogen-bond donors (Lipinski definition) is 2. The number of carbonyl (C=O) groups excluding carboxylic acids is 1. The fraction of sp³-hybridized carbons (Fsp3) is 0.867. The van der Waals surface area contributed by atoms with Gasteiger partial charge in [0.25, 0.3) is 0 Å². The fourth-order valence-corrected chi connectivity index (χ4v) is 2.12. The summed E-state index contributed by atoms with van der Waals surface area (Å²) in [5, 5.41) is 11.8. The first-order valence-electron chi connectivity index (χ1n) is 7.78. The van der Waals surface area contributed by atoms with E-state index in [1.54, 1.807) is 4.90 Å². The molecule has 5 nitrogen and oxygen atoms in total. The molecule has 5 heteroatoms. The molecule has 0 aliphatic carbocycles. The van der Waals surface area contributed by atoms with E-state index < -0.39 is 12.0 Å². The highest BCUT2D eigenvalue weighted by Gasteiger charge is 2.23. The van der Waals surface area contributed by atoms with Crippen LogP contribution in [0.3, 0.4) is 0 Å². The van der Waals surface area contributed by atoms with Crippen molar-refractivity contribution in [3.05, 3.63) is 0 Å². The summed E-state index contributed by atoms with van der Waals surface area (Å²) < 4.78 is 0. The standard InChI is InChI=1S/C15H30N2O3/c1-5-9-10-13(14(18)19)16-15(20)17(8-4)11-12(6-2)7-3/h12-13H,5-11H2,1-4H3,(H,16,20)(H,18,19)/t13-/m0/s1. The molecule has 0 rings (SSSR count). The highest BCUT2D eigenvalue weighted by Crippen LogP contribution is 2.10. The number of carbonyl (C=O) groups is 2. The van der Waals surface area contributed by atoms with Gasteiger partial charge in [-0.25, -0.2) is 9.59 Å². The highest BCUT2D eigenvalue weighted by molar-refractivity contribution is 5.82. The molecule has 0 radical (unpaired) electrons. The van der Waals surface area contributed by atoms with Gasteiger partial charge in [-0.1, -0.05) is 46.5 Å². The minimum absolute atomic E-state index is 0.261. The van der Waals surface area contributed by atoms with Crippen molar-refractivity contribution >= 4 is 12.0 Å². The molecular weight excluding hydrogens is 256 g/mol.